The van der Waals surface area contributed by atoms with E-state index >= 15 is 0 Å². The fourth-order valence-corrected chi connectivity index (χ4v) is 1.12. The van der Waals surface area contributed by atoms with Crippen LogP contribution in [-0.2, 0) is 6.18 Å². The monoisotopic (exact) mass is 204 g/mol. The average molecular weight is 204 g/mol. The minimum absolute atomic E-state index is 0.0705. The molecule has 0 fully saturated rings. The zero-order chi connectivity index (χ0) is 10.9. The summed E-state index contributed by atoms with van der Waals surface area (Å²) in [7, 11) is 0. The Kier molecular flexibility index (Phi) is 2.64. The van der Waals surface area contributed by atoms with E-state index in [0.717, 1.165) is 12.1 Å². The van der Waals surface area contributed by atoms with E-state index in [1.54, 1.807) is 0 Å². The maximum absolute atomic E-state index is 12.6. The van der Waals surface area contributed by atoms with Crippen LogP contribution < -0.4 is 0 Å². The van der Waals surface area contributed by atoms with E-state index in [9.17, 15) is 17.6 Å². The van der Waals surface area contributed by atoms with Gasteiger partial charge in [-0.15, -0.1) is 0 Å². The van der Waals surface area contributed by atoms with Crippen LogP contribution in [0.4, 0.5) is 17.6 Å². The van der Waals surface area contributed by atoms with Gasteiger partial charge < -0.3 is 0 Å². The summed E-state index contributed by atoms with van der Waals surface area (Å²) >= 11 is 0. The molecule has 0 saturated carbocycles. The number of rotatable bonds is 1. The lowest BCUT2D eigenvalue weighted by Crippen LogP contribution is -2.08. The number of hydrogen-bond donors (Lipinski definition) is 0. The van der Waals surface area contributed by atoms with Crippen molar-refractivity contribution in [2.24, 2.45) is 0 Å². The lowest BCUT2D eigenvalue weighted by Gasteiger charge is -2.12. The van der Waals surface area contributed by atoms with E-state index in [0.29, 0.717) is 6.07 Å². The Bertz CT molecular complexity index is 363. The van der Waals surface area contributed by atoms with Crippen molar-refractivity contribution in [3.05, 3.63) is 41.7 Å². The van der Waals surface area contributed by atoms with Crippen LogP contribution in [0.3, 0.4) is 0 Å². The second kappa shape index (κ2) is 3.44. The Morgan fingerprint density at radius 3 is 2.29 bits per heavy atom. The maximum Gasteiger partial charge on any atom is 0.417 e. The molecule has 0 bridgehead atoms. The first-order valence-electron chi connectivity index (χ1n) is 3.85. The Balaban J connectivity index is 3.38. The van der Waals surface area contributed by atoms with Crippen LogP contribution in [0, 0.1) is 5.82 Å². The fourth-order valence-electron chi connectivity index (χ4n) is 1.12. The molecule has 0 saturated heterocycles. The van der Waals surface area contributed by atoms with Crippen molar-refractivity contribution < 1.29 is 17.6 Å². The largest absolute Gasteiger partial charge is 0.417 e. The third-order valence-electron chi connectivity index (χ3n) is 1.75. The van der Waals surface area contributed by atoms with Crippen LogP contribution in [0.25, 0.3) is 5.57 Å². The summed E-state index contributed by atoms with van der Waals surface area (Å²) in [5.41, 5.74) is -0.791. The Hall–Kier alpha value is -1.32. The van der Waals surface area contributed by atoms with Gasteiger partial charge in [-0.05, 0) is 24.6 Å². The van der Waals surface area contributed by atoms with E-state index in [1.165, 1.54) is 6.92 Å². The van der Waals surface area contributed by atoms with Gasteiger partial charge in [-0.2, -0.15) is 13.2 Å². The van der Waals surface area contributed by atoms with Crippen LogP contribution in [-0.4, -0.2) is 0 Å². The van der Waals surface area contributed by atoms with Gasteiger partial charge in [-0.25, -0.2) is 4.39 Å². The molecule has 0 atom stereocenters. The first-order chi connectivity index (χ1) is 6.32. The molecular weight excluding hydrogens is 196 g/mol. The summed E-state index contributed by atoms with van der Waals surface area (Å²) in [5.74, 6) is -0.901. The van der Waals surface area contributed by atoms with Gasteiger partial charge in [0.25, 0.3) is 0 Å². The molecular formula is C10H8F4. The van der Waals surface area contributed by atoms with E-state index < -0.39 is 17.6 Å². The number of benzene rings is 1. The summed E-state index contributed by atoms with van der Waals surface area (Å²) in [6.07, 6.45) is -4.55. The molecule has 0 radical (unpaired) electrons. The average Bonchev–Trinajstić information content (AvgIpc) is 2.01. The third-order valence-corrected chi connectivity index (χ3v) is 1.75. The van der Waals surface area contributed by atoms with Crippen molar-refractivity contribution in [3.8, 4) is 0 Å². The topological polar surface area (TPSA) is 0 Å². The molecule has 0 aromatic heterocycles. The van der Waals surface area contributed by atoms with E-state index in [-0.39, 0.29) is 11.1 Å². The maximum atomic E-state index is 12.6. The van der Waals surface area contributed by atoms with Crippen LogP contribution in [0.1, 0.15) is 18.1 Å². The molecule has 1 rings (SSSR count). The Morgan fingerprint density at radius 1 is 1.29 bits per heavy atom. The quantitative estimate of drug-likeness (QED) is 0.609. The molecule has 0 aliphatic rings. The van der Waals surface area contributed by atoms with E-state index in [4.69, 9.17) is 0 Å². The van der Waals surface area contributed by atoms with Gasteiger partial charge in [0.1, 0.15) is 5.82 Å². The Labute approximate surface area is 78.9 Å². The predicted molar refractivity (Wildman–Crippen MR) is 46.1 cm³/mol. The fraction of sp³-hybridized carbons (Fsp3) is 0.200. The molecule has 76 valence electrons. The number of hydrogen-bond acceptors (Lipinski definition) is 0. The van der Waals surface area contributed by atoms with Crippen LogP contribution >= 0.6 is 0 Å². The standard InChI is InChI=1S/C10H8F4/c1-6(2)8-4-3-7(11)5-9(8)10(12,13)14/h3-5H,1H2,2H3. The second-order valence-electron chi connectivity index (χ2n) is 2.97. The van der Waals surface area contributed by atoms with Gasteiger partial charge in [-0.3, -0.25) is 0 Å². The second-order valence-corrected chi connectivity index (χ2v) is 2.97. The summed E-state index contributed by atoms with van der Waals surface area (Å²) in [6, 6.07) is 2.55. The highest BCUT2D eigenvalue weighted by Gasteiger charge is 2.33. The van der Waals surface area contributed by atoms with Crippen molar-refractivity contribution in [1.82, 2.24) is 0 Å². The molecule has 0 nitrogen and oxygen atoms in total. The van der Waals surface area contributed by atoms with Gasteiger partial charge in [0.2, 0.25) is 0 Å². The molecule has 0 aliphatic carbocycles. The molecule has 1 aromatic rings. The highest BCUT2D eigenvalue weighted by Crippen LogP contribution is 2.34. The van der Waals surface area contributed by atoms with Crippen LogP contribution in [0.15, 0.2) is 24.8 Å². The van der Waals surface area contributed by atoms with Crippen molar-refractivity contribution in [2.75, 3.05) is 0 Å². The van der Waals surface area contributed by atoms with E-state index in [2.05, 4.69) is 6.58 Å². The van der Waals surface area contributed by atoms with Crippen molar-refractivity contribution in [3.63, 3.8) is 0 Å². The normalized spacial score (nSPS) is 11.5. The molecule has 1 aromatic carbocycles. The van der Waals surface area contributed by atoms with Gasteiger partial charge in [0, 0.05) is 0 Å². The molecule has 0 N–H and O–H groups in total. The minimum Gasteiger partial charge on any atom is -0.207 e. The summed E-state index contributed by atoms with van der Waals surface area (Å²) < 4.78 is 49.8. The molecule has 14 heavy (non-hydrogen) atoms. The number of allylic oxidation sites excluding steroid dienone is 1. The van der Waals surface area contributed by atoms with Crippen molar-refractivity contribution in [1.29, 1.82) is 0 Å². The summed E-state index contributed by atoms with van der Waals surface area (Å²) in [5, 5.41) is 0. The summed E-state index contributed by atoms with van der Waals surface area (Å²) in [6.45, 7) is 4.85. The van der Waals surface area contributed by atoms with Gasteiger partial charge in [0.05, 0.1) is 5.56 Å². The molecule has 4 heteroatoms. The van der Waals surface area contributed by atoms with Gasteiger partial charge >= 0.3 is 6.18 Å². The van der Waals surface area contributed by atoms with Crippen LogP contribution in [0.2, 0.25) is 0 Å². The summed E-state index contributed by atoms with van der Waals surface area (Å²) in [4.78, 5) is 0. The first kappa shape index (κ1) is 10.8. The van der Waals surface area contributed by atoms with Crippen molar-refractivity contribution >= 4 is 5.57 Å². The van der Waals surface area contributed by atoms with E-state index in [1.807, 2.05) is 0 Å². The molecule has 0 heterocycles. The zero-order valence-electron chi connectivity index (χ0n) is 7.45. The van der Waals surface area contributed by atoms with Gasteiger partial charge in [-0.1, -0.05) is 18.2 Å². The third kappa shape index (κ3) is 2.13. The molecule has 0 spiro atoms. The highest BCUT2D eigenvalue weighted by atomic mass is 19.4. The molecule has 0 amide bonds. The zero-order valence-corrected chi connectivity index (χ0v) is 7.45. The minimum atomic E-state index is -4.55. The first-order valence-corrected chi connectivity index (χ1v) is 3.85. The predicted octanol–water partition coefficient (Wildman–Crippen LogP) is 3.88. The van der Waals surface area contributed by atoms with Crippen molar-refractivity contribution in [2.45, 2.75) is 13.1 Å². The van der Waals surface area contributed by atoms with Crippen LogP contribution in [0.5, 0.6) is 0 Å². The molecule has 0 aliphatic heterocycles. The smallest absolute Gasteiger partial charge is 0.207 e. The molecule has 0 unspecified atom stereocenters. The lowest BCUT2D eigenvalue weighted by atomic mass is 10.0. The van der Waals surface area contributed by atoms with Gasteiger partial charge in [0.15, 0.2) is 0 Å². The Morgan fingerprint density at radius 2 is 1.86 bits per heavy atom. The highest BCUT2D eigenvalue weighted by molar-refractivity contribution is 5.65. The number of alkyl halides is 3. The SMILES string of the molecule is C=C(C)c1ccc(F)cc1C(F)(F)F. The number of halogens is 4. The lowest BCUT2D eigenvalue weighted by molar-refractivity contribution is -0.138.